The summed E-state index contributed by atoms with van der Waals surface area (Å²) in [6, 6.07) is 5.80. The minimum atomic E-state index is -0.833. The lowest BCUT2D eigenvalue weighted by Gasteiger charge is -2.18. The van der Waals surface area contributed by atoms with Gasteiger partial charge in [0.1, 0.15) is 5.76 Å². The number of esters is 1. The van der Waals surface area contributed by atoms with E-state index in [1.54, 1.807) is 6.92 Å². The number of ether oxygens (including phenoxy) is 1. The summed E-state index contributed by atoms with van der Waals surface area (Å²) in [4.78, 5) is 48.4. The Morgan fingerprint density at radius 2 is 2.07 bits per heavy atom. The molecule has 158 valence electrons. The first-order valence-corrected chi connectivity index (χ1v) is 9.44. The van der Waals surface area contributed by atoms with Gasteiger partial charge in [0.25, 0.3) is 11.8 Å². The molecule has 10 nitrogen and oxygen atoms in total. The lowest BCUT2D eigenvalue weighted by Crippen LogP contribution is -2.43. The van der Waals surface area contributed by atoms with Crippen molar-refractivity contribution in [3.8, 4) is 0 Å². The Kier molecular flexibility index (Phi) is 6.58. The lowest BCUT2D eigenvalue weighted by molar-refractivity contribution is -0.151. The van der Waals surface area contributed by atoms with Crippen LogP contribution in [0.5, 0.6) is 0 Å². The molecule has 2 aromatic rings. The fourth-order valence-corrected chi connectivity index (χ4v) is 3.18. The molecule has 0 aliphatic carbocycles. The minimum absolute atomic E-state index is 0.0985. The van der Waals surface area contributed by atoms with E-state index in [0.717, 1.165) is 5.01 Å². The van der Waals surface area contributed by atoms with Crippen molar-refractivity contribution in [1.29, 1.82) is 0 Å². The Bertz CT molecular complexity index is 1010. The van der Waals surface area contributed by atoms with Crippen LogP contribution >= 0.6 is 23.2 Å². The van der Waals surface area contributed by atoms with Crippen LogP contribution in [-0.2, 0) is 19.1 Å². The van der Waals surface area contributed by atoms with Crippen molar-refractivity contribution in [2.24, 2.45) is 5.92 Å². The summed E-state index contributed by atoms with van der Waals surface area (Å²) in [6.07, 6.45) is -0.169. The third-order valence-electron chi connectivity index (χ3n) is 4.11. The van der Waals surface area contributed by atoms with Crippen molar-refractivity contribution in [2.75, 3.05) is 18.5 Å². The van der Waals surface area contributed by atoms with Gasteiger partial charge in [0.2, 0.25) is 5.91 Å². The van der Waals surface area contributed by atoms with Crippen molar-refractivity contribution in [3.05, 3.63) is 45.6 Å². The molecule has 2 N–H and O–H groups in total. The highest BCUT2D eigenvalue weighted by molar-refractivity contribution is 6.36. The van der Waals surface area contributed by atoms with Gasteiger partial charge in [-0.2, -0.15) is 0 Å². The van der Waals surface area contributed by atoms with Crippen LogP contribution in [0.15, 0.2) is 28.8 Å². The number of hydrogen-bond acceptors (Lipinski definition) is 7. The second kappa shape index (κ2) is 9.14. The Morgan fingerprint density at radius 3 is 2.73 bits per heavy atom. The third-order valence-corrected chi connectivity index (χ3v) is 4.66. The molecule has 0 bridgehead atoms. The lowest BCUT2D eigenvalue weighted by atomic mass is 10.1. The number of aromatic nitrogens is 1. The van der Waals surface area contributed by atoms with Crippen LogP contribution in [0.2, 0.25) is 10.0 Å². The summed E-state index contributed by atoms with van der Waals surface area (Å²) < 4.78 is 9.76. The molecule has 1 saturated heterocycles. The number of carbonyl (C=O) groups excluding carboxylic acids is 4. The van der Waals surface area contributed by atoms with E-state index in [0.29, 0.717) is 10.8 Å². The zero-order valence-corrected chi connectivity index (χ0v) is 17.1. The van der Waals surface area contributed by atoms with E-state index in [1.807, 2.05) is 0 Å². The molecule has 2 heterocycles. The van der Waals surface area contributed by atoms with E-state index >= 15 is 0 Å². The van der Waals surface area contributed by atoms with Gasteiger partial charge in [-0.3, -0.25) is 29.6 Å². The van der Waals surface area contributed by atoms with Gasteiger partial charge in [-0.25, -0.2) is 0 Å². The van der Waals surface area contributed by atoms with Crippen LogP contribution in [0.25, 0.3) is 0 Å². The van der Waals surface area contributed by atoms with Gasteiger partial charge in [0, 0.05) is 17.5 Å². The largest absolute Gasteiger partial charge is 0.455 e. The highest BCUT2D eigenvalue weighted by Crippen LogP contribution is 2.22. The molecule has 1 atom stereocenters. The summed E-state index contributed by atoms with van der Waals surface area (Å²) >= 11 is 11.8. The van der Waals surface area contributed by atoms with Crippen molar-refractivity contribution in [1.82, 2.24) is 15.6 Å². The van der Waals surface area contributed by atoms with Gasteiger partial charge in [0.05, 0.1) is 23.0 Å². The monoisotopic (exact) mass is 454 g/mol. The maximum absolute atomic E-state index is 12.3. The Morgan fingerprint density at radius 1 is 1.30 bits per heavy atom. The molecule has 30 heavy (non-hydrogen) atoms. The van der Waals surface area contributed by atoms with Crippen molar-refractivity contribution in [3.63, 3.8) is 0 Å². The molecule has 12 heteroatoms. The van der Waals surface area contributed by atoms with Crippen molar-refractivity contribution >= 4 is 52.7 Å². The predicted molar refractivity (Wildman–Crippen MR) is 105 cm³/mol. The van der Waals surface area contributed by atoms with Gasteiger partial charge >= 0.3 is 5.97 Å². The van der Waals surface area contributed by atoms with Crippen LogP contribution in [0.3, 0.4) is 0 Å². The second-order valence-corrected chi connectivity index (χ2v) is 7.29. The average Bonchev–Trinajstić information content (AvgIpc) is 3.25. The number of halogens is 2. The molecular formula is C18H16Cl2N4O6. The summed E-state index contributed by atoms with van der Waals surface area (Å²) in [7, 11) is 0. The van der Waals surface area contributed by atoms with E-state index < -0.39 is 36.2 Å². The molecule has 1 aromatic carbocycles. The van der Waals surface area contributed by atoms with Crippen LogP contribution in [-0.4, -0.2) is 47.0 Å². The number of carbonyl (C=O) groups is 4. The van der Waals surface area contributed by atoms with Gasteiger partial charge in [-0.1, -0.05) is 28.4 Å². The first kappa shape index (κ1) is 21.6. The van der Waals surface area contributed by atoms with E-state index in [-0.39, 0.29) is 29.4 Å². The van der Waals surface area contributed by atoms with E-state index in [2.05, 4.69) is 15.9 Å². The van der Waals surface area contributed by atoms with Gasteiger partial charge in [0.15, 0.2) is 12.4 Å². The molecule has 1 aliphatic rings. The zero-order chi connectivity index (χ0) is 21.8. The molecule has 0 radical (unpaired) electrons. The Balaban J connectivity index is 1.50. The summed E-state index contributed by atoms with van der Waals surface area (Å²) in [5.74, 6) is -2.58. The topological polar surface area (TPSA) is 131 Å². The maximum Gasteiger partial charge on any atom is 0.311 e. The smallest absolute Gasteiger partial charge is 0.311 e. The number of nitrogens with zero attached hydrogens (tertiary/aromatic N) is 2. The van der Waals surface area contributed by atoms with Crippen LogP contribution in [0.4, 0.5) is 5.82 Å². The first-order valence-electron chi connectivity index (χ1n) is 8.69. The number of aryl methyl sites for hydroxylation is 1. The van der Waals surface area contributed by atoms with E-state index in [4.69, 9.17) is 32.5 Å². The molecule has 0 unspecified atom stereocenters. The standard InChI is InChI=1S/C18H16Cl2N4O6/c1-9-4-14(23-30-9)21-15(25)8-29-18(28)10-5-16(26)24(7-10)22-17(27)12-3-2-11(19)6-13(12)20/h2-4,6,10H,5,7-8H2,1H3,(H,22,27)(H,21,23,25)/t10-/m0/s1. The quantitative estimate of drug-likeness (QED) is 0.637. The second-order valence-electron chi connectivity index (χ2n) is 6.45. The number of benzene rings is 1. The SMILES string of the molecule is Cc1cc(NC(=O)COC(=O)[C@H]2CC(=O)N(NC(=O)c3ccc(Cl)cc3Cl)C2)no1. The Labute approximate surface area is 180 Å². The van der Waals surface area contributed by atoms with Gasteiger partial charge in [-0.05, 0) is 25.1 Å². The van der Waals surface area contributed by atoms with Gasteiger partial charge < -0.3 is 14.6 Å². The van der Waals surface area contributed by atoms with E-state index in [9.17, 15) is 19.2 Å². The normalized spacial score (nSPS) is 15.8. The molecule has 0 spiro atoms. The molecular weight excluding hydrogens is 439 g/mol. The summed E-state index contributed by atoms with van der Waals surface area (Å²) in [5, 5.41) is 7.48. The molecule has 1 aromatic heterocycles. The molecule has 1 fully saturated rings. The van der Waals surface area contributed by atoms with Crippen molar-refractivity contribution < 1.29 is 28.4 Å². The average molecular weight is 455 g/mol. The number of hydrazine groups is 1. The highest BCUT2D eigenvalue weighted by atomic mass is 35.5. The predicted octanol–water partition coefficient (Wildman–Crippen LogP) is 1.97. The number of anilines is 1. The van der Waals surface area contributed by atoms with Crippen LogP contribution < -0.4 is 10.7 Å². The van der Waals surface area contributed by atoms with Crippen LogP contribution in [0.1, 0.15) is 22.5 Å². The van der Waals surface area contributed by atoms with Crippen LogP contribution in [0, 0.1) is 12.8 Å². The van der Waals surface area contributed by atoms with E-state index in [1.165, 1.54) is 24.3 Å². The highest BCUT2D eigenvalue weighted by Gasteiger charge is 2.37. The molecule has 1 aliphatic heterocycles. The Hall–Kier alpha value is -3.11. The first-order chi connectivity index (χ1) is 14.2. The number of hydrogen-bond donors (Lipinski definition) is 2. The number of rotatable bonds is 6. The fraction of sp³-hybridized carbons (Fsp3) is 0.278. The minimum Gasteiger partial charge on any atom is -0.455 e. The number of amides is 3. The van der Waals surface area contributed by atoms with Crippen molar-refractivity contribution in [2.45, 2.75) is 13.3 Å². The third kappa shape index (κ3) is 5.28. The zero-order valence-electron chi connectivity index (χ0n) is 15.6. The number of nitrogens with one attached hydrogen (secondary N) is 2. The molecule has 0 saturated carbocycles. The fourth-order valence-electron chi connectivity index (χ4n) is 2.69. The summed E-state index contributed by atoms with van der Waals surface area (Å²) in [5.41, 5.74) is 2.53. The maximum atomic E-state index is 12.3. The van der Waals surface area contributed by atoms with Gasteiger partial charge in [-0.15, -0.1) is 0 Å². The molecule has 3 rings (SSSR count). The molecule has 3 amide bonds. The summed E-state index contributed by atoms with van der Waals surface area (Å²) in [6.45, 7) is 1.01.